The van der Waals surface area contributed by atoms with Crippen LogP contribution in [0.25, 0.3) is 10.2 Å². The number of amides is 1. The number of thiazole rings is 1. The van der Waals surface area contributed by atoms with Crippen molar-refractivity contribution in [2.45, 2.75) is 19.4 Å². The van der Waals surface area contributed by atoms with Crippen LogP contribution < -0.4 is 4.90 Å². The first-order valence-corrected chi connectivity index (χ1v) is 9.58. The van der Waals surface area contributed by atoms with Crippen molar-refractivity contribution >= 4 is 55.0 Å². The van der Waals surface area contributed by atoms with E-state index in [1.807, 2.05) is 0 Å². The number of benzene rings is 2. The molecule has 0 spiro atoms. The minimum Gasteiger partial charge on any atom is -0.481 e. The standard InChI is InChI=1S/C18H12BrF3N2O3S/c19-9-1-3-10(4-2-9)24(14(25)5-6-15(26)27)8-13-23-17-16(22)11(20)7-12(21)18(17)28-13/h1-4,7H,5-6,8H2,(H,26,27). The third kappa shape index (κ3) is 4.33. The molecular weight excluding hydrogens is 461 g/mol. The maximum atomic E-state index is 13.9. The lowest BCUT2D eigenvalue weighted by Gasteiger charge is -2.21. The molecule has 0 atom stereocenters. The molecule has 1 heterocycles. The highest BCUT2D eigenvalue weighted by molar-refractivity contribution is 9.10. The first-order chi connectivity index (χ1) is 13.3. The third-order valence-corrected chi connectivity index (χ3v) is 5.42. The lowest BCUT2D eigenvalue weighted by Crippen LogP contribution is -2.30. The number of rotatable bonds is 6. The molecule has 5 nitrogen and oxygen atoms in total. The smallest absolute Gasteiger partial charge is 0.303 e. The van der Waals surface area contributed by atoms with Crippen LogP contribution in [0.15, 0.2) is 34.8 Å². The zero-order valence-electron chi connectivity index (χ0n) is 14.1. The molecule has 146 valence electrons. The summed E-state index contributed by atoms with van der Waals surface area (Å²) in [5, 5.41) is 9.00. The Morgan fingerprint density at radius 2 is 1.79 bits per heavy atom. The molecule has 1 aromatic heterocycles. The van der Waals surface area contributed by atoms with Crippen LogP contribution in [0, 0.1) is 17.5 Å². The van der Waals surface area contributed by atoms with Crippen LogP contribution in [0.2, 0.25) is 0 Å². The lowest BCUT2D eigenvalue weighted by molar-refractivity contribution is -0.138. The fourth-order valence-electron chi connectivity index (χ4n) is 2.52. The molecule has 0 unspecified atom stereocenters. The highest BCUT2D eigenvalue weighted by Crippen LogP contribution is 2.31. The number of carboxylic acids is 1. The number of hydrogen-bond donors (Lipinski definition) is 1. The van der Waals surface area contributed by atoms with Gasteiger partial charge in [0.2, 0.25) is 5.91 Å². The predicted octanol–water partition coefficient (Wildman–Crippen LogP) is 4.87. The highest BCUT2D eigenvalue weighted by Gasteiger charge is 2.22. The summed E-state index contributed by atoms with van der Waals surface area (Å²) in [6, 6.07) is 7.11. The molecule has 0 aliphatic rings. The molecule has 10 heteroatoms. The number of aliphatic carboxylic acids is 1. The molecule has 0 bridgehead atoms. The molecule has 0 aliphatic heterocycles. The normalized spacial score (nSPS) is 11.0. The number of anilines is 1. The van der Waals surface area contributed by atoms with Crippen molar-refractivity contribution in [1.29, 1.82) is 0 Å². The van der Waals surface area contributed by atoms with Crippen LogP contribution in [0.4, 0.5) is 18.9 Å². The first kappa shape index (κ1) is 20.3. The van der Waals surface area contributed by atoms with E-state index in [2.05, 4.69) is 20.9 Å². The average Bonchev–Trinajstić information content (AvgIpc) is 3.08. The monoisotopic (exact) mass is 472 g/mol. The summed E-state index contributed by atoms with van der Waals surface area (Å²) in [5.74, 6) is -5.15. The van der Waals surface area contributed by atoms with Gasteiger partial charge < -0.3 is 10.0 Å². The van der Waals surface area contributed by atoms with Crippen LogP contribution in [0.5, 0.6) is 0 Å². The van der Waals surface area contributed by atoms with E-state index >= 15 is 0 Å². The molecule has 0 radical (unpaired) electrons. The van der Waals surface area contributed by atoms with Gasteiger partial charge in [-0.2, -0.15) is 0 Å². The van der Waals surface area contributed by atoms with Gasteiger partial charge in [-0.3, -0.25) is 9.59 Å². The van der Waals surface area contributed by atoms with E-state index in [-0.39, 0.29) is 29.1 Å². The molecule has 1 N–H and O–H groups in total. The van der Waals surface area contributed by atoms with Crippen molar-refractivity contribution in [2.24, 2.45) is 0 Å². The van der Waals surface area contributed by atoms with Crippen LogP contribution in [-0.4, -0.2) is 22.0 Å². The maximum absolute atomic E-state index is 13.9. The Hall–Kier alpha value is -2.46. The second kappa shape index (κ2) is 8.27. The van der Waals surface area contributed by atoms with Crippen LogP contribution in [-0.2, 0) is 16.1 Å². The molecule has 1 amide bonds. The van der Waals surface area contributed by atoms with Crippen molar-refractivity contribution in [3.05, 3.63) is 57.3 Å². The van der Waals surface area contributed by atoms with E-state index in [1.165, 1.54) is 4.90 Å². The number of fused-ring (bicyclic) bond motifs is 1. The van der Waals surface area contributed by atoms with Gasteiger partial charge in [-0.15, -0.1) is 11.3 Å². The zero-order valence-corrected chi connectivity index (χ0v) is 16.5. The topological polar surface area (TPSA) is 70.5 Å². The molecule has 28 heavy (non-hydrogen) atoms. The van der Waals surface area contributed by atoms with Crippen molar-refractivity contribution < 1.29 is 27.9 Å². The summed E-state index contributed by atoms with van der Waals surface area (Å²) >= 11 is 4.09. The first-order valence-electron chi connectivity index (χ1n) is 7.97. The molecule has 3 rings (SSSR count). The Kier molecular flexibility index (Phi) is 5.99. The Bertz CT molecular complexity index is 1060. The van der Waals surface area contributed by atoms with Gasteiger partial charge in [-0.05, 0) is 24.3 Å². The highest BCUT2D eigenvalue weighted by atomic mass is 79.9. The van der Waals surface area contributed by atoms with Crippen molar-refractivity contribution in [3.63, 3.8) is 0 Å². The predicted molar refractivity (Wildman–Crippen MR) is 102 cm³/mol. The van der Waals surface area contributed by atoms with Crippen molar-refractivity contribution in [3.8, 4) is 0 Å². The van der Waals surface area contributed by atoms with Gasteiger partial charge in [0.15, 0.2) is 11.6 Å². The van der Waals surface area contributed by atoms with E-state index in [1.54, 1.807) is 24.3 Å². The molecule has 0 saturated carbocycles. The van der Waals surface area contributed by atoms with Crippen LogP contribution in [0.3, 0.4) is 0 Å². The maximum Gasteiger partial charge on any atom is 0.303 e. The summed E-state index contributed by atoms with van der Waals surface area (Å²) in [6.07, 6.45) is -0.617. The number of carbonyl (C=O) groups is 2. The Balaban J connectivity index is 1.97. The molecule has 0 aliphatic carbocycles. The number of hydrogen-bond acceptors (Lipinski definition) is 4. The van der Waals surface area contributed by atoms with E-state index in [0.29, 0.717) is 11.8 Å². The largest absolute Gasteiger partial charge is 0.481 e. The fraction of sp³-hybridized carbons (Fsp3) is 0.167. The molecular formula is C18H12BrF3N2O3S. The average molecular weight is 473 g/mol. The number of carboxylic acid groups (broad SMARTS) is 1. The van der Waals surface area contributed by atoms with Gasteiger partial charge in [-0.1, -0.05) is 15.9 Å². The van der Waals surface area contributed by atoms with Crippen molar-refractivity contribution in [2.75, 3.05) is 4.90 Å². The van der Waals surface area contributed by atoms with Gasteiger partial charge in [0.1, 0.15) is 16.3 Å². The molecule has 0 saturated heterocycles. The number of nitrogens with zero attached hydrogens (tertiary/aromatic N) is 2. The van der Waals surface area contributed by atoms with E-state index < -0.39 is 34.8 Å². The summed E-state index contributed by atoms with van der Waals surface area (Å²) < 4.78 is 41.9. The summed E-state index contributed by atoms with van der Waals surface area (Å²) in [5.41, 5.74) is 0.0243. The van der Waals surface area contributed by atoms with Crippen molar-refractivity contribution in [1.82, 2.24) is 4.98 Å². The quantitative estimate of drug-likeness (QED) is 0.519. The van der Waals surface area contributed by atoms with Gasteiger partial charge in [-0.25, -0.2) is 18.2 Å². The second-order valence-corrected chi connectivity index (χ2v) is 7.79. The lowest BCUT2D eigenvalue weighted by atomic mass is 10.2. The summed E-state index contributed by atoms with van der Waals surface area (Å²) in [7, 11) is 0. The van der Waals surface area contributed by atoms with Gasteiger partial charge in [0.05, 0.1) is 17.7 Å². The fourth-order valence-corrected chi connectivity index (χ4v) is 3.74. The van der Waals surface area contributed by atoms with E-state index in [9.17, 15) is 22.8 Å². The number of halogens is 4. The van der Waals surface area contributed by atoms with E-state index in [0.717, 1.165) is 15.8 Å². The SMILES string of the molecule is O=C(O)CCC(=O)N(Cc1nc2c(F)c(F)cc(F)c2s1)c1ccc(Br)cc1. The Labute approximate surface area is 169 Å². The number of carbonyl (C=O) groups excluding carboxylic acids is 1. The van der Waals surface area contributed by atoms with Crippen LogP contribution >= 0.6 is 27.3 Å². The Morgan fingerprint density at radius 1 is 1.11 bits per heavy atom. The minimum atomic E-state index is -1.34. The molecule has 2 aromatic carbocycles. The third-order valence-electron chi connectivity index (χ3n) is 3.84. The number of aromatic nitrogens is 1. The van der Waals surface area contributed by atoms with Gasteiger partial charge in [0.25, 0.3) is 0 Å². The Morgan fingerprint density at radius 3 is 2.43 bits per heavy atom. The molecule has 0 fully saturated rings. The van der Waals surface area contributed by atoms with Gasteiger partial charge in [0, 0.05) is 22.6 Å². The van der Waals surface area contributed by atoms with Crippen LogP contribution in [0.1, 0.15) is 17.8 Å². The molecule has 3 aromatic rings. The van der Waals surface area contributed by atoms with Gasteiger partial charge >= 0.3 is 5.97 Å². The second-order valence-electron chi connectivity index (χ2n) is 5.79. The summed E-state index contributed by atoms with van der Waals surface area (Å²) in [4.78, 5) is 28.6. The zero-order chi connectivity index (χ0) is 20.4. The van der Waals surface area contributed by atoms with E-state index in [4.69, 9.17) is 5.11 Å². The minimum absolute atomic E-state index is 0.139. The summed E-state index contributed by atoms with van der Waals surface area (Å²) in [6.45, 7) is -0.139.